The van der Waals surface area contributed by atoms with Crippen molar-refractivity contribution >= 4 is 5.97 Å². The Kier molecular flexibility index (Phi) is 3.62. The molecule has 0 atom stereocenters. The number of aromatic nitrogens is 2. The molecule has 0 radical (unpaired) electrons. The van der Waals surface area contributed by atoms with Gasteiger partial charge in [0.15, 0.2) is 5.75 Å². The van der Waals surface area contributed by atoms with E-state index < -0.39 is 5.97 Å². The number of rotatable bonds is 4. The van der Waals surface area contributed by atoms with Gasteiger partial charge in [-0.15, -0.1) is 0 Å². The van der Waals surface area contributed by atoms with Crippen molar-refractivity contribution in [1.29, 1.82) is 0 Å². The van der Waals surface area contributed by atoms with Crippen LogP contribution in [0, 0.1) is 6.92 Å². The zero-order valence-electron chi connectivity index (χ0n) is 11.9. The Bertz CT molecular complexity index is 807. The summed E-state index contributed by atoms with van der Waals surface area (Å²) in [7, 11) is 0. The first kappa shape index (κ1) is 13.9. The van der Waals surface area contributed by atoms with Gasteiger partial charge in [-0.25, -0.2) is 4.79 Å². The predicted molar refractivity (Wildman–Crippen MR) is 82.2 cm³/mol. The number of hydrogen-bond acceptors (Lipinski definition) is 3. The van der Waals surface area contributed by atoms with Crippen LogP contribution in [0.1, 0.15) is 15.9 Å². The van der Waals surface area contributed by atoms with Crippen molar-refractivity contribution in [3.05, 3.63) is 65.9 Å². The average molecular weight is 294 g/mol. The fourth-order valence-corrected chi connectivity index (χ4v) is 2.17. The van der Waals surface area contributed by atoms with Gasteiger partial charge < -0.3 is 9.84 Å². The van der Waals surface area contributed by atoms with Gasteiger partial charge in [0, 0.05) is 5.56 Å². The number of hydrogen-bond donors (Lipinski definition) is 2. The smallest absolute Gasteiger partial charge is 0.336 e. The van der Waals surface area contributed by atoms with Crippen LogP contribution in [0.15, 0.2) is 54.7 Å². The molecule has 3 rings (SSSR count). The van der Waals surface area contributed by atoms with Crippen LogP contribution >= 0.6 is 0 Å². The van der Waals surface area contributed by atoms with E-state index in [0.29, 0.717) is 22.8 Å². The zero-order valence-corrected chi connectivity index (χ0v) is 11.9. The number of aryl methyl sites for hydroxylation is 1. The van der Waals surface area contributed by atoms with E-state index in [4.69, 9.17) is 4.74 Å². The molecule has 5 nitrogen and oxygen atoms in total. The van der Waals surface area contributed by atoms with Crippen LogP contribution in [-0.4, -0.2) is 21.3 Å². The molecule has 2 aromatic carbocycles. The van der Waals surface area contributed by atoms with E-state index in [1.165, 1.54) is 6.20 Å². The molecule has 0 spiro atoms. The first-order valence-electron chi connectivity index (χ1n) is 6.76. The van der Waals surface area contributed by atoms with E-state index in [2.05, 4.69) is 10.2 Å². The Labute approximate surface area is 127 Å². The summed E-state index contributed by atoms with van der Waals surface area (Å²) < 4.78 is 5.81. The summed E-state index contributed by atoms with van der Waals surface area (Å²) in [5.74, 6) is 0.157. The van der Waals surface area contributed by atoms with Crippen LogP contribution in [0.25, 0.3) is 11.3 Å². The van der Waals surface area contributed by atoms with E-state index in [9.17, 15) is 9.90 Å². The average Bonchev–Trinajstić information content (AvgIpc) is 2.97. The van der Waals surface area contributed by atoms with Gasteiger partial charge in [-0.05, 0) is 25.1 Å². The number of carboxylic acid groups (broad SMARTS) is 1. The van der Waals surface area contributed by atoms with E-state index in [-0.39, 0.29) is 5.56 Å². The zero-order chi connectivity index (χ0) is 15.5. The molecule has 3 aromatic rings. The molecule has 0 aliphatic carbocycles. The van der Waals surface area contributed by atoms with E-state index in [1.807, 2.05) is 31.2 Å². The van der Waals surface area contributed by atoms with E-state index in [0.717, 1.165) is 5.56 Å². The molecule has 22 heavy (non-hydrogen) atoms. The van der Waals surface area contributed by atoms with Crippen LogP contribution in [0.5, 0.6) is 11.5 Å². The molecule has 1 heterocycles. The highest BCUT2D eigenvalue weighted by Gasteiger charge is 2.16. The van der Waals surface area contributed by atoms with Crippen molar-refractivity contribution in [2.24, 2.45) is 0 Å². The predicted octanol–water partition coefficient (Wildman–Crippen LogP) is 3.88. The van der Waals surface area contributed by atoms with Crippen molar-refractivity contribution in [2.75, 3.05) is 0 Å². The molecule has 0 bridgehead atoms. The lowest BCUT2D eigenvalue weighted by Crippen LogP contribution is -1.99. The highest BCUT2D eigenvalue weighted by molar-refractivity contribution is 5.96. The van der Waals surface area contributed by atoms with Gasteiger partial charge in [0.2, 0.25) is 0 Å². The van der Waals surface area contributed by atoms with Gasteiger partial charge in [0.05, 0.1) is 11.8 Å². The van der Waals surface area contributed by atoms with Gasteiger partial charge in [-0.1, -0.05) is 35.9 Å². The van der Waals surface area contributed by atoms with Crippen molar-refractivity contribution < 1.29 is 14.6 Å². The quantitative estimate of drug-likeness (QED) is 0.765. The number of aromatic amines is 1. The lowest BCUT2D eigenvalue weighted by Gasteiger charge is -2.08. The van der Waals surface area contributed by atoms with Gasteiger partial charge in [0.1, 0.15) is 11.4 Å². The van der Waals surface area contributed by atoms with Gasteiger partial charge >= 0.3 is 5.97 Å². The molecule has 0 unspecified atom stereocenters. The highest BCUT2D eigenvalue weighted by Crippen LogP contribution is 2.33. The van der Waals surface area contributed by atoms with Crippen LogP contribution in [0.2, 0.25) is 0 Å². The molecular formula is C17H14N2O3. The minimum Gasteiger partial charge on any atom is -0.478 e. The Morgan fingerprint density at radius 2 is 1.86 bits per heavy atom. The van der Waals surface area contributed by atoms with E-state index >= 15 is 0 Å². The lowest BCUT2D eigenvalue weighted by molar-refractivity contribution is 0.0697. The minimum atomic E-state index is -0.994. The molecule has 110 valence electrons. The second kappa shape index (κ2) is 5.73. The highest BCUT2D eigenvalue weighted by atomic mass is 16.5. The van der Waals surface area contributed by atoms with Crippen LogP contribution in [0.4, 0.5) is 0 Å². The third kappa shape index (κ3) is 2.69. The number of nitrogens with zero attached hydrogens (tertiary/aromatic N) is 1. The van der Waals surface area contributed by atoms with E-state index in [1.54, 1.807) is 24.3 Å². The monoisotopic (exact) mass is 294 g/mol. The maximum Gasteiger partial charge on any atom is 0.336 e. The maximum absolute atomic E-state index is 11.3. The van der Waals surface area contributed by atoms with Crippen LogP contribution in [0.3, 0.4) is 0 Å². The summed E-state index contributed by atoms with van der Waals surface area (Å²) >= 11 is 0. The van der Waals surface area contributed by atoms with Crippen LogP contribution in [-0.2, 0) is 0 Å². The summed E-state index contributed by atoms with van der Waals surface area (Å²) in [6.07, 6.45) is 1.54. The van der Waals surface area contributed by atoms with Crippen LogP contribution < -0.4 is 4.74 Å². The second-order valence-corrected chi connectivity index (χ2v) is 4.88. The number of H-pyrrole nitrogens is 1. The van der Waals surface area contributed by atoms with Crippen molar-refractivity contribution in [2.45, 2.75) is 6.92 Å². The molecule has 0 saturated carbocycles. The van der Waals surface area contributed by atoms with Crippen molar-refractivity contribution in [3.8, 4) is 22.8 Å². The Morgan fingerprint density at radius 3 is 2.59 bits per heavy atom. The number of nitrogens with one attached hydrogen (secondary N) is 1. The van der Waals surface area contributed by atoms with Gasteiger partial charge in [-0.3, -0.25) is 5.10 Å². The molecule has 0 aliphatic rings. The normalized spacial score (nSPS) is 10.4. The molecule has 5 heteroatoms. The fraction of sp³-hybridized carbons (Fsp3) is 0.0588. The molecule has 0 fully saturated rings. The summed E-state index contributed by atoms with van der Waals surface area (Å²) in [6, 6.07) is 14.3. The summed E-state index contributed by atoms with van der Waals surface area (Å²) in [4.78, 5) is 11.3. The number of carboxylic acids is 1. The van der Waals surface area contributed by atoms with Gasteiger partial charge in [0.25, 0.3) is 0 Å². The Hall–Kier alpha value is -3.08. The SMILES string of the molecule is Cc1ccc(Oc2cn[nH]c2-c2ccccc2C(=O)O)cc1. The molecule has 2 N–H and O–H groups in total. The number of ether oxygens (including phenoxy) is 1. The summed E-state index contributed by atoms with van der Waals surface area (Å²) in [5.41, 5.74) is 2.41. The Balaban J connectivity index is 1.99. The van der Waals surface area contributed by atoms with Gasteiger partial charge in [-0.2, -0.15) is 5.10 Å². The summed E-state index contributed by atoms with van der Waals surface area (Å²) in [6.45, 7) is 2.00. The number of carbonyl (C=O) groups is 1. The molecule has 1 aromatic heterocycles. The molecular weight excluding hydrogens is 280 g/mol. The van der Waals surface area contributed by atoms with Crippen molar-refractivity contribution in [3.63, 3.8) is 0 Å². The largest absolute Gasteiger partial charge is 0.478 e. The fourth-order valence-electron chi connectivity index (χ4n) is 2.17. The second-order valence-electron chi connectivity index (χ2n) is 4.88. The van der Waals surface area contributed by atoms with Crippen molar-refractivity contribution in [1.82, 2.24) is 10.2 Å². The topological polar surface area (TPSA) is 75.2 Å². The Morgan fingerprint density at radius 1 is 1.14 bits per heavy atom. The first-order valence-corrected chi connectivity index (χ1v) is 6.76. The number of aromatic carboxylic acids is 1. The minimum absolute atomic E-state index is 0.195. The standard InChI is InChI=1S/C17H14N2O3/c1-11-6-8-12(9-7-11)22-15-10-18-19-16(15)13-4-2-3-5-14(13)17(20)21/h2-10H,1H3,(H,18,19)(H,20,21). The third-order valence-electron chi connectivity index (χ3n) is 3.28. The summed E-state index contributed by atoms with van der Waals surface area (Å²) in [5, 5.41) is 16.1. The molecule has 0 saturated heterocycles. The maximum atomic E-state index is 11.3. The number of benzene rings is 2. The first-order chi connectivity index (χ1) is 10.6. The third-order valence-corrected chi connectivity index (χ3v) is 3.28. The molecule has 0 aliphatic heterocycles. The molecule has 0 amide bonds. The lowest BCUT2D eigenvalue weighted by atomic mass is 10.0.